The Bertz CT molecular complexity index is 885. The third-order valence-electron chi connectivity index (χ3n) is 11.7. The van der Waals surface area contributed by atoms with Gasteiger partial charge in [-0.2, -0.15) is 0 Å². The van der Waals surface area contributed by atoms with E-state index in [1.165, 1.54) is 173 Å². The highest BCUT2D eigenvalue weighted by Crippen LogP contribution is 2.17. The van der Waals surface area contributed by atoms with Crippen molar-refractivity contribution < 1.29 is 28.6 Å². The Hall–Kier alpha value is -1.59. The quantitative estimate of drug-likeness (QED) is 0.0346. The Morgan fingerprint density at radius 1 is 0.328 bits per heavy atom. The molecule has 6 nitrogen and oxygen atoms in total. The number of unbranched alkanes of at least 4 members (excludes halogenated alkanes) is 31. The molecule has 0 bridgehead atoms. The smallest absolute Gasteiger partial charge is 0.306 e. The highest BCUT2D eigenvalue weighted by molar-refractivity contribution is 5.71. The van der Waals surface area contributed by atoms with Crippen LogP contribution in [0, 0.1) is 11.8 Å². The summed E-state index contributed by atoms with van der Waals surface area (Å²) in [7, 11) is 0. The molecular formula is C52H100O6. The van der Waals surface area contributed by atoms with Crippen LogP contribution in [0.1, 0.15) is 285 Å². The summed E-state index contributed by atoms with van der Waals surface area (Å²) < 4.78 is 16.7. The molecule has 0 rings (SSSR count). The summed E-state index contributed by atoms with van der Waals surface area (Å²) in [6, 6.07) is 0. The van der Waals surface area contributed by atoms with E-state index in [0.717, 1.165) is 69.6 Å². The van der Waals surface area contributed by atoms with E-state index in [1.54, 1.807) is 0 Å². The first-order valence-electron chi connectivity index (χ1n) is 25.7. The van der Waals surface area contributed by atoms with Crippen LogP contribution >= 0.6 is 0 Å². The molecule has 6 heteroatoms. The van der Waals surface area contributed by atoms with E-state index in [1.807, 2.05) is 0 Å². The van der Waals surface area contributed by atoms with E-state index in [2.05, 4.69) is 34.6 Å². The summed E-state index contributed by atoms with van der Waals surface area (Å²) in [6.07, 6.45) is 45.4. The molecule has 344 valence electrons. The van der Waals surface area contributed by atoms with Crippen LogP contribution in [0.2, 0.25) is 0 Å². The first-order valence-corrected chi connectivity index (χ1v) is 25.7. The van der Waals surface area contributed by atoms with Crippen LogP contribution in [0.25, 0.3) is 0 Å². The maximum absolute atomic E-state index is 12.7. The number of rotatable bonds is 46. The number of carbonyl (C=O) groups is 3. The van der Waals surface area contributed by atoms with Crippen molar-refractivity contribution in [3.63, 3.8) is 0 Å². The largest absolute Gasteiger partial charge is 0.462 e. The Kier molecular flexibility index (Phi) is 43.7. The summed E-state index contributed by atoms with van der Waals surface area (Å²) in [6.45, 7) is 11.3. The first-order chi connectivity index (χ1) is 28.2. The fourth-order valence-corrected chi connectivity index (χ4v) is 7.81. The molecule has 0 heterocycles. The molecule has 0 amide bonds. The van der Waals surface area contributed by atoms with Gasteiger partial charge in [0.15, 0.2) is 6.10 Å². The SMILES string of the molecule is CCCCCCCCCCCCC(=O)OC[C@H](COC(=O)CCCCCCCCCCCCCCCCCCCCC(C)C)OC(=O)CCCCCCCCC(C)C. The highest BCUT2D eigenvalue weighted by atomic mass is 16.6. The Labute approximate surface area is 361 Å². The standard InChI is InChI=1S/C52H100O6/c1-6-7-8-9-10-11-23-26-32-37-42-50(53)56-45-49(58-52(55)44-39-34-29-28-31-36-41-48(4)5)46-57-51(54)43-38-33-27-24-21-19-17-15-13-12-14-16-18-20-22-25-30-35-40-47(2)3/h47-49H,6-46H2,1-5H3/t49-/m1/s1. The van der Waals surface area contributed by atoms with Crippen molar-refractivity contribution in [2.24, 2.45) is 11.8 Å². The Morgan fingerprint density at radius 2 is 0.569 bits per heavy atom. The minimum absolute atomic E-state index is 0.0648. The van der Waals surface area contributed by atoms with Gasteiger partial charge in [-0.05, 0) is 31.1 Å². The van der Waals surface area contributed by atoms with Crippen LogP contribution < -0.4 is 0 Å². The molecule has 0 aromatic carbocycles. The lowest BCUT2D eigenvalue weighted by atomic mass is 10.0. The van der Waals surface area contributed by atoms with Gasteiger partial charge >= 0.3 is 17.9 Å². The fraction of sp³-hybridized carbons (Fsp3) is 0.942. The monoisotopic (exact) mass is 821 g/mol. The van der Waals surface area contributed by atoms with Crippen molar-refractivity contribution in [3.05, 3.63) is 0 Å². The molecular weight excluding hydrogens is 721 g/mol. The van der Waals surface area contributed by atoms with Crippen LogP contribution in [0.5, 0.6) is 0 Å². The van der Waals surface area contributed by atoms with Crippen LogP contribution in [-0.2, 0) is 28.6 Å². The molecule has 0 saturated carbocycles. The van der Waals surface area contributed by atoms with E-state index in [-0.39, 0.29) is 31.1 Å². The van der Waals surface area contributed by atoms with Crippen LogP contribution in [0.15, 0.2) is 0 Å². The molecule has 0 N–H and O–H groups in total. The first kappa shape index (κ1) is 56.4. The molecule has 0 aliphatic carbocycles. The van der Waals surface area contributed by atoms with Gasteiger partial charge in [-0.25, -0.2) is 0 Å². The van der Waals surface area contributed by atoms with Gasteiger partial charge < -0.3 is 14.2 Å². The lowest BCUT2D eigenvalue weighted by molar-refractivity contribution is -0.167. The zero-order valence-corrected chi connectivity index (χ0v) is 39.7. The summed E-state index contributed by atoms with van der Waals surface area (Å²) in [5.74, 6) is 0.762. The summed E-state index contributed by atoms with van der Waals surface area (Å²) in [5.41, 5.74) is 0. The average molecular weight is 821 g/mol. The summed E-state index contributed by atoms with van der Waals surface area (Å²) in [4.78, 5) is 37.8. The second kappa shape index (κ2) is 44.9. The minimum Gasteiger partial charge on any atom is -0.462 e. The second-order valence-corrected chi connectivity index (χ2v) is 18.8. The van der Waals surface area contributed by atoms with Gasteiger partial charge in [0.05, 0.1) is 0 Å². The van der Waals surface area contributed by atoms with Gasteiger partial charge in [0.1, 0.15) is 13.2 Å². The van der Waals surface area contributed by atoms with Gasteiger partial charge in [0.2, 0.25) is 0 Å². The lowest BCUT2D eigenvalue weighted by Gasteiger charge is -2.18. The predicted octanol–water partition coefficient (Wildman–Crippen LogP) is 16.5. The summed E-state index contributed by atoms with van der Waals surface area (Å²) >= 11 is 0. The topological polar surface area (TPSA) is 78.9 Å². The molecule has 0 aliphatic heterocycles. The van der Waals surface area contributed by atoms with Crippen LogP contribution in [0.3, 0.4) is 0 Å². The normalized spacial score (nSPS) is 12.1. The third-order valence-corrected chi connectivity index (χ3v) is 11.7. The number of carbonyl (C=O) groups excluding carboxylic acids is 3. The Morgan fingerprint density at radius 3 is 0.845 bits per heavy atom. The zero-order valence-electron chi connectivity index (χ0n) is 39.7. The minimum atomic E-state index is -0.761. The van der Waals surface area contributed by atoms with Gasteiger partial charge in [-0.1, -0.05) is 247 Å². The van der Waals surface area contributed by atoms with Crippen molar-refractivity contribution in [3.8, 4) is 0 Å². The zero-order chi connectivity index (χ0) is 42.6. The van der Waals surface area contributed by atoms with E-state index in [0.29, 0.717) is 19.3 Å². The van der Waals surface area contributed by atoms with E-state index < -0.39 is 6.10 Å². The van der Waals surface area contributed by atoms with Crippen LogP contribution in [-0.4, -0.2) is 37.2 Å². The average Bonchev–Trinajstić information content (AvgIpc) is 3.19. The molecule has 0 aromatic heterocycles. The number of hydrogen-bond acceptors (Lipinski definition) is 6. The number of hydrogen-bond donors (Lipinski definition) is 0. The molecule has 0 radical (unpaired) electrons. The summed E-state index contributed by atoms with van der Waals surface area (Å²) in [5, 5.41) is 0. The predicted molar refractivity (Wildman–Crippen MR) is 247 cm³/mol. The molecule has 0 saturated heterocycles. The van der Waals surface area contributed by atoms with Crippen molar-refractivity contribution in [1.29, 1.82) is 0 Å². The van der Waals surface area contributed by atoms with E-state index >= 15 is 0 Å². The molecule has 0 spiro atoms. The lowest BCUT2D eigenvalue weighted by Crippen LogP contribution is -2.30. The van der Waals surface area contributed by atoms with E-state index in [4.69, 9.17) is 14.2 Å². The molecule has 0 unspecified atom stereocenters. The van der Waals surface area contributed by atoms with Crippen LogP contribution in [0.4, 0.5) is 0 Å². The molecule has 0 aromatic rings. The van der Waals surface area contributed by atoms with Crippen molar-refractivity contribution in [2.45, 2.75) is 291 Å². The maximum atomic E-state index is 12.7. The van der Waals surface area contributed by atoms with Gasteiger partial charge in [-0.3, -0.25) is 14.4 Å². The van der Waals surface area contributed by atoms with Crippen molar-refractivity contribution >= 4 is 17.9 Å². The van der Waals surface area contributed by atoms with Gasteiger partial charge in [0, 0.05) is 19.3 Å². The molecule has 58 heavy (non-hydrogen) atoms. The highest BCUT2D eigenvalue weighted by Gasteiger charge is 2.19. The van der Waals surface area contributed by atoms with E-state index in [9.17, 15) is 14.4 Å². The van der Waals surface area contributed by atoms with Crippen molar-refractivity contribution in [2.75, 3.05) is 13.2 Å². The second-order valence-electron chi connectivity index (χ2n) is 18.8. The van der Waals surface area contributed by atoms with Gasteiger partial charge in [0.25, 0.3) is 0 Å². The number of ether oxygens (including phenoxy) is 3. The van der Waals surface area contributed by atoms with Crippen molar-refractivity contribution in [1.82, 2.24) is 0 Å². The molecule has 0 aliphatic rings. The Balaban J connectivity index is 4.14. The van der Waals surface area contributed by atoms with Gasteiger partial charge in [-0.15, -0.1) is 0 Å². The molecule has 1 atom stereocenters. The number of esters is 3. The fourth-order valence-electron chi connectivity index (χ4n) is 7.81. The molecule has 0 fully saturated rings. The maximum Gasteiger partial charge on any atom is 0.306 e. The third kappa shape index (κ3) is 45.5.